The molecule has 0 aliphatic rings. The zero-order valence-electron chi connectivity index (χ0n) is 15.2. The highest BCUT2D eigenvalue weighted by Crippen LogP contribution is 2.24. The van der Waals surface area contributed by atoms with E-state index >= 15 is 0 Å². The average Bonchev–Trinajstić information content (AvgIpc) is 2.54. The number of hydrogen-bond donors (Lipinski definition) is 2. The van der Waals surface area contributed by atoms with Crippen molar-refractivity contribution in [3.63, 3.8) is 0 Å². The first kappa shape index (κ1) is 18.0. The third-order valence-electron chi connectivity index (χ3n) is 3.79. The quantitative estimate of drug-likeness (QED) is 0.564. The summed E-state index contributed by atoms with van der Waals surface area (Å²) in [5, 5.41) is 3.46. The summed E-state index contributed by atoms with van der Waals surface area (Å²) in [4.78, 5) is 2.10. The Bertz CT molecular complexity index is 636. The summed E-state index contributed by atoms with van der Waals surface area (Å²) < 4.78 is 5.67. The lowest BCUT2D eigenvalue weighted by molar-refractivity contribution is 0.244. The molecule has 0 saturated heterocycles. The summed E-state index contributed by atoms with van der Waals surface area (Å²) in [5.74, 6) is 0.771. The number of nitrogens with two attached hydrogens (primary N) is 1. The lowest BCUT2D eigenvalue weighted by atomic mass is 10.1. The van der Waals surface area contributed by atoms with Crippen molar-refractivity contribution >= 4 is 17.1 Å². The fourth-order valence-corrected chi connectivity index (χ4v) is 2.52. The summed E-state index contributed by atoms with van der Waals surface area (Å²) >= 11 is 0. The number of nitrogens with one attached hydrogen (secondary N) is 1. The molecule has 0 amide bonds. The second kappa shape index (κ2) is 8.48. The van der Waals surface area contributed by atoms with E-state index in [1.165, 1.54) is 11.3 Å². The molecule has 0 radical (unpaired) electrons. The maximum absolute atomic E-state index is 6.06. The molecular weight excluding hydrogens is 298 g/mol. The topological polar surface area (TPSA) is 50.5 Å². The monoisotopic (exact) mass is 327 g/mol. The van der Waals surface area contributed by atoms with Gasteiger partial charge in [-0.25, -0.2) is 0 Å². The van der Waals surface area contributed by atoms with Crippen LogP contribution < -0.4 is 20.7 Å². The zero-order chi connectivity index (χ0) is 17.5. The minimum Gasteiger partial charge on any atom is -0.489 e. The molecule has 2 rings (SSSR count). The first-order valence-electron chi connectivity index (χ1n) is 8.52. The Labute approximate surface area is 145 Å². The van der Waals surface area contributed by atoms with E-state index in [1.807, 2.05) is 40.1 Å². The Morgan fingerprint density at radius 2 is 1.79 bits per heavy atom. The van der Waals surface area contributed by atoms with Crippen LogP contribution in [0.1, 0.15) is 25.8 Å². The standard InChI is InChI=1S/C20H29N3O/c1-15(2)24-20-12-7-16(14-19(20)21)6-5-13-22-17-8-10-18(11-9-17)23(3)4/h7-12,14-15,22H,5-6,13,21H2,1-4H3. The Kier molecular flexibility index (Phi) is 6.36. The normalized spacial score (nSPS) is 10.7. The molecule has 0 aliphatic heterocycles. The number of hydrogen-bond acceptors (Lipinski definition) is 4. The molecule has 0 aromatic heterocycles. The highest BCUT2D eigenvalue weighted by molar-refractivity contribution is 5.55. The molecule has 4 nitrogen and oxygen atoms in total. The predicted molar refractivity (Wildman–Crippen MR) is 104 cm³/mol. The maximum atomic E-state index is 6.06. The lowest BCUT2D eigenvalue weighted by Crippen LogP contribution is -2.09. The molecule has 0 spiro atoms. The van der Waals surface area contributed by atoms with Gasteiger partial charge in [-0.15, -0.1) is 0 Å². The summed E-state index contributed by atoms with van der Waals surface area (Å²) in [6, 6.07) is 14.6. The molecule has 0 fully saturated rings. The minimum absolute atomic E-state index is 0.140. The highest BCUT2D eigenvalue weighted by atomic mass is 16.5. The molecule has 4 heteroatoms. The van der Waals surface area contributed by atoms with Crippen LogP contribution in [0.4, 0.5) is 17.1 Å². The molecule has 130 valence electrons. The van der Waals surface area contributed by atoms with Gasteiger partial charge in [0.25, 0.3) is 0 Å². The van der Waals surface area contributed by atoms with Gasteiger partial charge in [-0.05, 0) is 68.7 Å². The van der Waals surface area contributed by atoms with Gasteiger partial charge in [0, 0.05) is 32.0 Å². The summed E-state index contributed by atoms with van der Waals surface area (Å²) in [7, 11) is 4.09. The molecule has 2 aromatic carbocycles. The van der Waals surface area contributed by atoms with Crippen LogP contribution in [0, 0.1) is 0 Å². The predicted octanol–water partition coefficient (Wildman–Crippen LogP) is 4.17. The molecule has 24 heavy (non-hydrogen) atoms. The Hall–Kier alpha value is -2.36. The number of nitrogen functional groups attached to an aromatic ring is 1. The van der Waals surface area contributed by atoms with Crippen LogP contribution in [-0.4, -0.2) is 26.7 Å². The van der Waals surface area contributed by atoms with E-state index in [0.717, 1.165) is 30.8 Å². The van der Waals surface area contributed by atoms with Crippen molar-refractivity contribution in [3.8, 4) is 5.75 Å². The number of aryl methyl sites for hydroxylation is 1. The number of anilines is 3. The van der Waals surface area contributed by atoms with Crippen molar-refractivity contribution in [2.45, 2.75) is 32.8 Å². The maximum Gasteiger partial charge on any atom is 0.142 e. The van der Waals surface area contributed by atoms with Crippen LogP contribution in [-0.2, 0) is 6.42 Å². The summed E-state index contributed by atoms with van der Waals surface area (Å²) in [6.45, 7) is 4.94. The van der Waals surface area contributed by atoms with Gasteiger partial charge in [0.05, 0.1) is 11.8 Å². The van der Waals surface area contributed by atoms with Gasteiger partial charge in [0.2, 0.25) is 0 Å². The highest BCUT2D eigenvalue weighted by Gasteiger charge is 2.04. The Balaban J connectivity index is 1.78. The molecule has 0 saturated carbocycles. The lowest BCUT2D eigenvalue weighted by Gasteiger charge is -2.14. The molecule has 2 aromatic rings. The number of ether oxygens (including phenoxy) is 1. The molecular formula is C20H29N3O. The fraction of sp³-hybridized carbons (Fsp3) is 0.400. The SMILES string of the molecule is CC(C)Oc1ccc(CCCNc2ccc(N(C)C)cc2)cc1N. The van der Waals surface area contributed by atoms with E-state index in [0.29, 0.717) is 5.69 Å². The smallest absolute Gasteiger partial charge is 0.142 e. The zero-order valence-corrected chi connectivity index (χ0v) is 15.2. The van der Waals surface area contributed by atoms with E-state index in [4.69, 9.17) is 10.5 Å². The van der Waals surface area contributed by atoms with Crippen LogP contribution in [0.2, 0.25) is 0 Å². The average molecular weight is 327 g/mol. The van der Waals surface area contributed by atoms with Crippen molar-refractivity contribution < 1.29 is 4.74 Å². The first-order valence-corrected chi connectivity index (χ1v) is 8.52. The third kappa shape index (κ3) is 5.37. The number of rotatable bonds is 8. The van der Waals surface area contributed by atoms with Gasteiger partial charge in [-0.3, -0.25) is 0 Å². The number of nitrogens with zero attached hydrogens (tertiary/aromatic N) is 1. The van der Waals surface area contributed by atoms with Crippen molar-refractivity contribution in [3.05, 3.63) is 48.0 Å². The van der Waals surface area contributed by atoms with Gasteiger partial charge in [-0.1, -0.05) is 6.07 Å². The first-order chi connectivity index (χ1) is 11.5. The second-order valence-corrected chi connectivity index (χ2v) is 6.51. The van der Waals surface area contributed by atoms with Crippen LogP contribution in [0.5, 0.6) is 5.75 Å². The Morgan fingerprint density at radius 3 is 2.38 bits per heavy atom. The van der Waals surface area contributed by atoms with Gasteiger partial charge < -0.3 is 20.7 Å². The summed E-state index contributed by atoms with van der Waals surface area (Å²) in [6.07, 6.45) is 2.19. The van der Waals surface area contributed by atoms with Gasteiger partial charge in [0.15, 0.2) is 0 Å². The number of benzene rings is 2. The van der Waals surface area contributed by atoms with Crippen molar-refractivity contribution in [1.82, 2.24) is 0 Å². The van der Waals surface area contributed by atoms with Crippen molar-refractivity contribution in [1.29, 1.82) is 0 Å². The Morgan fingerprint density at radius 1 is 1.08 bits per heavy atom. The molecule has 0 atom stereocenters. The van der Waals surface area contributed by atoms with E-state index < -0.39 is 0 Å². The van der Waals surface area contributed by atoms with E-state index in [2.05, 4.69) is 40.5 Å². The van der Waals surface area contributed by atoms with E-state index in [9.17, 15) is 0 Å². The van der Waals surface area contributed by atoms with Crippen molar-refractivity contribution in [2.75, 3.05) is 36.6 Å². The summed E-state index contributed by atoms with van der Waals surface area (Å²) in [5.41, 5.74) is 10.4. The second-order valence-electron chi connectivity index (χ2n) is 6.51. The third-order valence-corrected chi connectivity index (χ3v) is 3.79. The van der Waals surface area contributed by atoms with Gasteiger partial charge >= 0.3 is 0 Å². The van der Waals surface area contributed by atoms with Crippen LogP contribution in [0.25, 0.3) is 0 Å². The van der Waals surface area contributed by atoms with Crippen molar-refractivity contribution in [2.24, 2.45) is 0 Å². The van der Waals surface area contributed by atoms with E-state index in [1.54, 1.807) is 0 Å². The fourth-order valence-electron chi connectivity index (χ4n) is 2.52. The van der Waals surface area contributed by atoms with E-state index in [-0.39, 0.29) is 6.10 Å². The largest absolute Gasteiger partial charge is 0.489 e. The molecule has 0 unspecified atom stereocenters. The molecule has 0 aliphatic carbocycles. The van der Waals surface area contributed by atoms with Crippen LogP contribution >= 0.6 is 0 Å². The molecule has 0 bridgehead atoms. The van der Waals surface area contributed by atoms with Gasteiger partial charge in [0.1, 0.15) is 5.75 Å². The van der Waals surface area contributed by atoms with Crippen LogP contribution in [0.3, 0.4) is 0 Å². The van der Waals surface area contributed by atoms with Gasteiger partial charge in [-0.2, -0.15) is 0 Å². The minimum atomic E-state index is 0.140. The molecule has 0 heterocycles. The molecule has 3 N–H and O–H groups in total. The van der Waals surface area contributed by atoms with Crippen LogP contribution in [0.15, 0.2) is 42.5 Å².